The standard InChI is InChI=1S/C27H23FN4O3/c1-18(33)31-17-25(35-24-10-6-5-9-23(24)31)27(34)29-15-20-16-32(22-7-3-2-4-8-22)30-26(20)19-11-13-21(28)14-12-19/h2-14,16,25H,15,17H2,1H3,(H,29,34). The van der Waals surface area contributed by atoms with Crippen molar-refractivity contribution in [2.75, 3.05) is 11.4 Å². The second kappa shape index (κ2) is 9.42. The van der Waals surface area contributed by atoms with E-state index in [2.05, 4.69) is 5.32 Å². The number of para-hydroxylation sites is 3. The van der Waals surface area contributed by atoms with Crippen molar-refractivity contribution >= 4 is 17.5 Å². The summed E-state index contributed by atoms with van der Waals surface area (Å²) in [7, 11) is 0. The third-order valence-corrected chi connectivity index (χ3v) is 5.83. The van der Waals surface area contributed by atoms with E-state index in [9.17, 15) is 14.0 Å². The Bertz CT molecular complexity index is 1370. The van der Waals surface area contributed by atoms with Crippen molar-refractivity contribution in [3.05, 3.63) is 96.4 Å². The minimum atomic E-state index is -0.854. The summed E-state index contributed by atoms with van der Waals surface area (Å²) in [6.07, 6.45) is 0.986. The van der Waals surface area contributed by atoms with Gasteiger partial charge in [-0.25, -0.2) is 9.07 Å². The first kappa shape index (κ1) is 22.3. The van der Waals surface area contributed by atoms with Crippen molar-refractivity contribution in [3.8, 4) is 22.7 Å². The van der Waals surface area contributed by atoms with Crippen LogP contribution in [0.15, 0.2) is 85.1 Å². The summed E-state index contributed by atoms with van der Waals surface area (Å²) in [5.74, 6) is -0.363. The summed E-state index contributed by atoms with van der Waals surface area (Å²) < 4.78 is 21.1. The van der Waals surface area contributed by atoms with E-state index >= 15 is 0 Å². The smallest absolute Gasteiger partial charge is 0.263 e. The van der Waals surface area contributed by atoms with E-state index in [0.717, 1.165) is 16.8 Å². The topological polar surface area (TPSA) is 76.5 Å². The minimum absolute atomic E-state index is 0.117. The van der Waals surface area contributed by atoms with Crippen molar-refractivity contribution in [1.29, 1.82) is 0 Å². The maximum atomic E-state index is 13.5. The molecule has 0 radical (unpaired) electrons. The molecule has 1 aromatic heterocycles. The number of hydrogen-bond donors (Lipinski definition) is 1. The van der Waals surface area contributed by atoms with Crippen molar-refractivity contribution in [2.45, 2.75) is 19.6 Å². The van der Waals surface area contributed by atoms with Crippen LogP contribution >= 0.6 is 0 Å². The highest BCUT2D eigenvalue weighted by Gasteiger charge is 2.32. The summed E-state index contributed by atoms with van der Waals surface area (Å²) in [5, 5.41) is 7.61. The average molecular weight is 471 g/mol. The second-order valence-electron chi connectivity index (χ2n) is 8.21. The van der Waals surface area contributed by atoms with Crippen LogP contribution in [-0.4, -0.2) is 34.2 Å². The largest absolute Gasteiger partial charge is 0.477 e. The molecule has 0 bridgehead atoms. The highest BCUT2D eigenvalue weighted by molar-refractivity contribution is 5.95. The number of carbonyl (C=O) groups is 2. The number of aromatic nitrogens is 2. The number of amides is 2. The first-order valence-electron chi connectivity index (χ1n) is 11.2. The van der Waals surface area contributed by atoms with Gasteiger partial charge in [0.1, 0.15) is 11.6 Å². The van der Waals surface area contributed by atoms with E-state index in [0.29, 0.717) is 17.1 Å². The molecule has 1 aliphatic rings. The maximum absolute atomic E-state index is 13.5. The van der Waals surface area contributed by atoms with Gasteiger partial charge in [-0.3, -0.25) is 9.59 Å². The fraction of sp³-hybridized carbons (Fsp3) is 0.148. The van der Waals surface area contributed by atoms with Crippen LogP contribution < -0.4 is 15.0 Å². The Kier molecular flexibility index (Phi) is 6.01. The number of fused-ring (bicyclic) bond motifs is 1. The van der Waals surface area contributed by atoms with Gasteiger partial charge in [0.15, 0.2) is 6.10 Å². The van der Waals surface area contributed by atoms with E-state index < -0.39 is 6.10 Å². The van der Waals surface area contributed by atoms with Crippen LogP contribution in [0, 0.1) is 5.82 Å². The SMILES string of the molecule is CC(=O)N1CC(C(=O)NCc2cn(-c3ccccc3)nc2-c2ccc(F)cc2)Oc2ccccc21. The molecule has 2 amide bonds. The van der Waals surface area contributed by atoms with E-state index in [1.807, 2.05) is 42.6 Å². The Morgan fingerprint density at radius 2 is 1.74 bits per heavy atom. The Labute approximate surface area is 201 Å². The zero-order valence-electron chi connectivity index (χ0n) is 19.0. The summed E-state index contributed by atoms with van der Waals surface area (Å²) in [5.41, 5.74) is 3.63. The van der Waals surface area contributed by atoms with Gasteiger partial charge in [0.05, 0.1) is 23.6 Å². The number of hydrogen-bond acceptors (Lipinski definition) is 4. The molecule has 2 heterocycles. The van der Waals surface area contributed by atoms with Crippen LogP contribution in [0.3, 0.4) is 0 Å². The second-order valence-corrected chi connectivity index (χ2v) is 8.21. The molecule has 1 aliphatic heterocycles. The van der Waals surface area contributed by atoms with Gasteiger partial charge >= 0.3 is 0 Å². The third kappa shape index (κ3) is 4.63. The highest BCUT2D eigenvalue weighted by atomic mass is 19.1. The van der Waals surface area contributed by atoms with E-state index in [-0.39, 0.29) is 30.7 Å². The lowest BCUT2D eigenvalue weighted by molar-refractivity contribution is -0.128. The molecule has 0 fully saturated rings. The average Bonchev–Trinajstić information content (AvgIpc) is 3.31. The molecule has 1 N–H and O–H groups in total. The van der Waals surface area contributed by atoms with Crippen LogP contribution in [0.4, 0.5) is 10.1 Å². The zero-order valence-corrected chi connectivity index (χ0v) is 19.0. The van der Waals surface area contributed by atoms with E-state index in [1.54, 1.807) is 39.9 Å². The molecule has 35 heavy (non-hydrogen) atoms. The van der Waals surface area contributed by atoms with E-state index in [1.165, 1.54) is 19.1 Å². The Hall–Kier alpha value is -4.46. The summed E-state index contributed by atoms with van der Waals surface area (Å²) in [4.78, 5) is 26.8. The number of halogens is 1. The number of nitrogens with zero attached hydrogens (tertiary/aromatic N) is 3. The normalized spacial score (nSPS) is 14.7. The summed E-state index contributed by atoms with van der Waals surface area (Å²) in [6, 6.07) is 22.8. The lowest BCUT2D eigenvalue weighted by Gasteiger charge is -2.33. The molecule has 5 rings (SSSR count). The Morgan fingerprint density at radius 1 is 1.03 bits per heavy atom. The lowest BCUT2D eigenvalue weighted by atomic mass is 10.1. The summed E-state index contributed by atoms with van der Waals surface area (Å²) in [6.45, 7) is 1.76. The molecule has 176 valence electrons. The van der Waals surface area contributed by atoms with Crippen LogP contribution in [-0.2, 0) is 16.1 Å². The van der Waals surface area contributed by atoms with E-state index in [4.69, 9.17) is 9.84 Å². The number of rotatable bonds is 5. The van der Waals surface area contributed by atoms with Gasteiger partial charge in [0, 0.05) is 30.8 Å². The lowest BCUT2D eigenvalue weighted by Crippen LogP contribution is -2.50. The molecule has 7 nitrogen and oxygen atoms in total. The van der Waals surface area contributed by atoms with Gasteiger partial charge in [0.2, 0.25) is 5.91 Å². The molecule has 0 saturated heterocycles. The van der Waals surface area contributed by atoms with Crippen molar-refractivity contribution in [1.82, 2.24) is 15.1 Å². The van der Waals surface area contributed by atoms with Gasteiger partial charge in [-0.1, -0.05) is 30.3 Å². The first-order chi connectivity index (χ1) is 17.0. The fourth-order valence-corrected chi connectivity index (χ4v) is 4.07. The molecule has 4 aromatic rings. The van der Waals surface area contributed by atoms with Gasteiger partial charge in [-0.15, -0.1) is 0 Å². The maximum Gasteiger partial charge on any atom is 0.263 e. The zero-order chi connectivity index (χ0) is 24.4. The quantitative estimate of drug-likeness (QED) is 0.476. The third-order valence-electron chi connectivity index (χ3n) is 5.83. The minimum Gasteiger partial charge on any atom is -0.477 e. The number of anilines is 1. The highest BCUT2D eigenvalue weighted by Crippen LogP contribution is 2.33. The van der Waals surface area contributed by atoms with Crippen LogP contribution in [0.5, 0.6) is 5.75 Å². The predicted molar refractivity (Wildman–Crippen MR) is 130 cm³/mol. The van der Waals surface area contributed by atoms with Crippen molar-refractivity contribution in [2.24, 2.45) is 0 Å². The van der Waals surface area contributed by atoms with Gasteiger partial charge in [-0.2, -0.15) is 5.10 Å². The Balaban J connectivity index is 1.39. The van der Waals surface area contributed by atoms with Crippen molar-refractivity contribution in [3.63, 3.8) is 0 Å². The molecule has 1 unspecified atom stereocenters. The number of nitrogens with one attached hydrogen (secondary N) is 1. The molecular formula is C27H23FN4O3. The first-order valence-corrected chi connectivity index (χ1v) is 11.2. The molecular weight excluding hydrogens is 447 g/mol. The number of ether oxygens (including phenoxy) is 1. The van der Waals surface area contributed by atoms with Crippen molar-refractivity contribution < 1.29 is 18.7 Å². The van der Waals surface area contributed by atoms with Crippen LogP contribution in [0.2, 0.25) is 0 Å². The predicted octanol–water partition coefficient (Wildman–Crippen LogP) is 4.11. The molecule has 0 saturated carbocycles. The van der Waals surface area contributed by atoms with Crippen LogP contribution in [0.25, 0.3) is 16.9 Å². The van der Waals surface area contributed by atoms with Gasteiger partial charge < -0.3 is 15.0 Å². The Morgan fingerprint density at radius 3 is 2.49 bits per heavy atom. The monoisotopic (exact) mass is 470 g/mol. The number of benzene rings is 3. The molecule has 0 spiro atoms. The van der Waals surface area contributed by atoms with Gasteiger partial charge in [-0.05, 0) is 48.5 Å². The van der Waals surface area contributed by atoms with Crippen LogP contribution in [0.1, 0.15) is 12.5 Å². The fourth-order valence-electron chi connectivity index (χ4n) is 4.07. The van der Waals surface area contributed by atoms with Gasteiger partial charge in [0.25, 0.3) is 5.91 Å². The molecule has 0 aliphatic carbocycles. The molecule has 1 atom stereocenters. The number of carbonyl (C=O) groups excluding carboxylic acids is 2. The summed E-state index contributed by atoms with van der Waals surface area (Å²) >= 11 is 0. The molecule has 8 heteroatoms. The molecule has 3 aromatic carbocycles.